The van der Waals surface area contributed by atoms with Crippen molar-refractivity contribution in [3.8, 4) is 5.06 Å². The van der Waals surface area contributed by atoms with Crippen LogP contribution in [0.5, 0.6) is 5.06 Å². The minimum atomic E-state index is 0.411. The third-order valence-electron chi connectivity index (χ3n) is 1.70. The van der Waals surface area contributed by atoms with E-state index in [0.717, 1.165) is 10.8 Å². The van der Waals surface area contributed by atoms with Crippen molar-refractivity contribution in [2.45, 2.75) is 0 Å². The van der Waals surface area contributed by atoms with E-state index in [1.807, 2.05) is 24.3 Å². The Labute approximate surface area is 83.7 Å². The number of carbonyl (C=O) groups is 1. The van der Waals surface area contributed by atoms with E-state index in [4.69, 9.17) is 16.3 Å². The minimum Gasteiger partial charge on any atom is -0.417 e. The van der Waals surface area contributed by atoms with Crippen LogP contribution >= 0.6 is 22.9 Å². The molecule has 0 fully saturated rings. The summed E-state index contributed by atoms with van der Waals surface area (Å²) in [6.45, 7) is 0.411. The predicted octanol–water partition coefficient (Wildman–Crippen LogP) is 3.09. The Hall–Kier alpha value is -1.06. The minimum absolute atomic E-state index is 0.411. The molecule has 4 heteroatoms. The van der Waals surface area contributed by atoms with Crippen molar-refractivity contribution in [1.82, 2.24) is 0 Å². The zero-order chi connectivity index (χ0) is 9.26. The highest BCUT2D eigenvalue weighted by Crippen LogP contribution is 2.40. The van der Waals surface area contributed by atoms with Crippen molar-refractivity contribution in [2.75, 3.05) is 0 Å². The van der Waals surface area contributed by atoms with Gasteiger partial charge in [-0.2, -0.15) is 0 Å². The molecule has 0 atom stereocenters. The summed E-state index contributed by atoms with van der Waals surface area (Å²) in [7, 11) is 0. The van der Waals surface area contributed by atoms with Gasteiger partial charge < -0.3 is 4.74 Å². The van der Waals surface area contributed by atoms with Crippen molar-refractivity contribution in [1.29, 1.82) is 0 Å². The molecule has 1 aromatic carbocycles. The Morgan fingerprint density at radius 2 is 2.00 bits per heavy atom. The van der Waals surface area contributed by atoms with Gasteiger partial charge in [-0.25, -0.2) is 0 Å². The second kappa shape index (κ2) is 3.36. The zero-order valence-corrected chi connectivity index (χ0v) is 8.06. The molecule has 0 aliphatic heterocycles. The Morgan fingerprint density at radius 1 is 1.31 bits per heavy atom. The molecule has 2 nitrogen and oxygen atoms in total. The van der Waals surface area contributed by atoms with Gasteiger partial charge in [-0.3, -0.25) is 4.79 Å². The smallest absolute Gasteiger partial charge is 0.299 e. The number of thiophene rings is 1. The van der Waals surface area contributed by atoms with E-state index < -0.39 is 0 Å². The number of benzene rings is 1. The first-order valence-corrected chi connectivity index (χ1v) is 4.79. The molecular weight excluding hydrogens is 208 g/mol. The Kier molecular flexibility index (Phi) is 2.20. The normalized spacial score (nSPS) is 10.2. The van der Waals surface area contributed by atoms with Gasteiger partial charge in [-0.1, -0.05) is 41.1 Å². The van der Waals surface area contributed by atoms with Gasteiger partial charge in [0, 0.05) is 10.8 Å². The van der Waals surface area contributed by atoms with Crippen LogP contribution in [0, 0.1) is 0 Å². The molecule has 0 N–H and O–H groups in total. The second-order valence-electron chi connectivity index (χ2n) is 2.42. The van der Waals surface area contributed by atoms with Gasteiger partial charge in [0.1, 0.15) is 4.34 Å². The lowest BCUT2D eigenvalue weighted by molar-refractivity contribution is -0.120. The lowest BCUT2D eigenvalue weighted by atomic mass is 10.2. The molecule has 1 aromatic heterocycles. The van der Waals surface area contributed by atoms with E-state index in [-0.39, 0.29) is 0 Å². The fraction of sp³-hybridized carbons (Fsp3) is 0. The van der Waals surface area contributed by atoms with Crippen LogP contribution in [0.3, 0.4) is 0 Å². The first kappa shape index (κ1) is 8.53. The van der Waals surface area contributed by atoms with E-state index >= 15 is 0 Å². The van der Waals surface area contributed by atoms with Crippen molar-refractivity contribution >= 4 is 40.2 Å². The summed E-state index contributed by atoms with van der Waals surface area (Å²) < 4.78 is 5.44. The summed E-state index contributed by atoms with van der Waals surface area (Å²) in [4.78, 5) is 10.2. The highest BCUT2D eigenvalue weighted by molar-refractivity contribution is 7.20. The van der Waals surface area contributed by atoms with Crippen molar-refractivity contribution < 1.29 is 9.53 Å². The van der Waals surface area contributed by atoms with Crippen molar-refractivity contribution in [3.05, 3.63) is 28.6 Å². The van der Waals surface area contributed by atoms with Gasteiger partial charge in [0.25, 0.3) is 6.47 Å². The fourth-order valence-electron chi connectivity index (χ4n) is 1.16. The van der Waals surface area contributed by atoms with Gasteiger partial charge in [0.2, 0.25) is 0 Å². The maximum absolute atomic E-state index is 10.2. The van der Waals surface area contributed by atoms with Crippen LogP contribution in [-0.2, 0) is 4.79 Å². The first-order valence-electron chi connectivity index (χ1n) is 3.60. The van der Waals surface area contributed by atoms with E-state index in [9.17, 15) is 4.79 Å². The molecule has 0 spiro atoms. The van der Waals surface area contributed by atoms with Crippen LogP contribution in [0.1, 0.15) is 0 Å². The van der Waals surface area contributed by atoms with Gasteiger partial charge in [0.15, 0.2) is 5.06 Å². The molecule has 66 valence electrons. The number of hydrogen-bond acceptors (Lipinski definition) is 3. The summed E-state index contributed by atoms with van der Waals surface area (Å²) in [5.74, 6) is 0. The molecule has 0 aliphatic rings. The average Bonchev–Trinajstić information content (AvgIpc) is 2.46. The largest absolute Gasteiger partial charge is 0.417 e. The Morgan fingerprint density at radius 3 is 2.69 bits per heavy atom. The van der Waals surface area contributed by atoms with Crippen LogP contribution in [-0.4, -0.2) is 6.47 Å². The zero-order valence-electron chi connectivity index (χ0n) is 6.49. The first-order chi connectivity index (χ1) is 6.33. The van der Waals surface area contributed by atoms with Crippen LogP contribution in [0.25, 0.3) is 10.8 Å². The van der Waals surface area contributed by atoms with E-state index in [1.54, 1.807) is 0 Å². The molecule has 0 aliphatic carbocycles. The van der Waals surface area contributed by atoms with Crippen LogP contribution in [0.2, 0.25) is 4.34 Å². The molecule has 1 heterocycles. The molecule has 13 heavy (non-hydrogen) atoms. The molecule has 2 aromatic rings. The van der Waals surface area contributed by atoms with Crippen LogP contribution in [0.4, 0.5) is 0 Å². The topological polar surface area (TPSA) is 26.3 Å². The van der Waals surface area contributed by atoms with E-state index in [0.29, 0.717) is 15.9 Å². The molecule has 2 rings (SSSR count). The molecule has 0 unspecified atom stereocenters. The molecule has 0 bridgehead atoms. The average molecular weight is 213 g/mol. The van der Waals surface area contributed by atoms with Gasteiger partial charge in [-0.05, 0) is 6.07 Å². The number of carbonyl (C=O) groups excluding carboxylic acids is 1. The molecule has 0 saturated heterocycles. The maximum atomic E-state index is 10.2. The van der Waals surface area contributed by atoms with Crippen LogP contribution in [0.15, 0.2) is 24.3 Å². The third-order valence-corrected chi connectivity index (χ3v) is 3.03. The lowest BCUT2D eigenvalue weighted by Gasteiger charge is -1.92. The SMILES string of the molecule is O=COc1sc(Cl)c2ccccc12. The number of halogens is 1. The van der Waals surface area contributed by atoms with Crippen LogP contribution < -0.4 is 4.74 Å². The highest BCUT2D eigenvalue weighted by Gasteiger charge is 2.09. The number of rotatable bonds is 2. The standard InChI is InChI=1S/C9H5ClO2S/c10-8-6-3-1-2-4-7(6)9(13-8)12-5-11/h1-5H. The summed E-state index contributed by atoms with van der Waals surface area (Å²) in [6, 6.07) is 7.54. The summed E-state index contributed by atoms with van der Waals surface area (Å²) in [5, 5.41) is 2.35. The van der Waals surface area contributed by atoms with Gasteiger partial charge in [0.05, 0.1) is 0 Å². The quantitative estimate of drug-likeness (QED) is 0.716. The van der Waals surface area contributed by atoms with Gasteiger partial charge >= 0.3 is 0 Å². The monoisotopic (exact) mass is 212 g/mol. The maximum Gasteiger partial charge on any atom is 0.299 e. The van der Waals surface area contributed by atoms with Crippen molar-refractivity contribution in [2.24, 2.45) is 0 Å². The fourth-order valence-corrected chi connectivity index (χ4v) is 2.36. The molecular formula is C9H5ClO2S. The summed E-state index contributed by atoms with van der Waals surface area (Å²) in [6.07, 6.45) is 0. The van der Waals surface area contributed by atoms with Crippen molar-refractivity contribution in [3.63, 3.8) is 0 Å². The molecule has 0 amide bonds. The van der Waals surface area contributed by atoms with E-state index in [1.165, 1.54) is 11.3 Å². The molecule has 0 radical (unpaired) electrons. The third kappa shape index (κ3) is 1.41. The number of ether oxygens (including phenoxy) is 1. The van der Waals surface area contributed by atoms with E-state index in [2.05, 4.69) is 0 Å². The summed E-state index contributed by atoms with van der Waals surface area (Å²) >= 11 is 7.20. The van der Waals surface area contributed by atoms with Gasteiger partial charge in [-0.15, -0.1) is 0 Å². The number of fused-ring (bicyclic) bond motifs is 1. The lowest BCUT2D eigenvalue weighted by Crippen LogP contribution is -1.84. The predicted molar refractivity (Wildman–Crippen MR) is 53.5 cm³/mol. The Balaban J connectivity index is 2.70. The molecule has 0 saturated carbocycles. The highest BCUT2D eigenvalue weighted by atomic mass is 35.5. The number of hydrogen-bond donors (Lipinski definition) is 0. The second-order valence-corrected chi connectivity index (χ2v) is 4.01. The Bertz CT molecular complexity index is 450. The summed E-state index contributed by atoms with van der Waals surface area (Å²) in [5.41, 5.74) is 0.